The Kier molecular flexibility index (Phi) is 6.91. The molecule has 4 aromatic rings. The number of benzene rings is 2. The van der Waals surface area contributed by atoms with Crippen LogP contribution in [0.2, 0.25) is 0 Å². The van der Waals surface area contributed by atoms with Crippen molar-refractivity contribution in [3.05, 3.63) is 75.6 Å². The first kappa shape index (κ1) is 23.0. The van der Waals surface area contributed by atoms with Gasteiger partial charge in [-0.25, -0.2) is 14.2 Å². The van der Waals surface area contributed by atoms with Crippen molar-refractivity contribution in [2.45, 2.75) is 31.2 Å². The van der Waals surface area contributed by atoms with E-state index in [1.165, 1.54) is 17.8 Å². The SMILES string of the molecule is COc1cccc(-c2csc(N[C@@H](Cc3ccc(NS(=O)O)cc3)c3csc(C4CC4)n3)n2)c1. The smallest absolute Gasteiger partial charge is 0.259 e. The second kappa shape index (κ2) is 10.2. The number of nitrogens with zero attached hydrogens (tertiary/aromatic N) is 2. The van der Waals surface area contributed by atoms with E-state index in [-0.39, 0.29) is 6.04 Å². The molecular weight excluding hydrogens is 488 g/mol. The van der Waals surface area contributed by atoms with E-state index in [4.69, 9.17) is 19.3 Å². The zero-order chi connectivity index (χ0) is 23.5. The molecule has 1 unspecified atom stereocenters. The van der Waals surface area contributed by atoms with E-state index in [0.717, 1.165) is 33.4 Å². The summed E-state index contributed by atoms with van der Waals surface area (Å²) in [4.78, 5) is 9.76. The van der Waals surface area contributed by atoms with Crippen LogP contribution in [0.15, 0.2) is 59.3 Å². The summed E-state index contributed by atoms with van der Waals surface area (Å²) in [5.41, 5.74) is 4.62. The van der Waals surface area contributed by atoms with Gasteiger partial charge >= 0.3 is 0 Å². The molecule has 3 N–H and O–H groups in total. The number of hydrogen-bond donors (Lipinski definition) is 3. The first-order valence-electron chi connectivity index (χ1n) is 10.9. The summed E-state index contributed by atoms with van der Waals surface area (Å²) in [6.45, 7) is 0. The number of methoxy groups -OCH3 is 1. The Morgan fingerprint density at radius 2 is 1.97 bits per heavy atom. The minimum Gasteiger partial charge on any atom is -0.497 e. The van der Waals surface area contributed by atoms with Crippen LogP contribution in [-0.2, 0) is 17.7 Å². The van der Waals surface area contributed by atoms with Crippen molar-refractivity contribution in [1.29, 1.82) is 0 Å². The third-order valence-corrected chi connectivity index (χ3v) is 7.80. The van der Waals surface area contributed by atoms with Crippen molar-refractivity contribution < 1.29 is 13.5 Å². The van der Waals surface area contributed by atoms with Gasteiger partial charge in [0.25, 0.3) is 11.3 Å². The summed E-state index contributed by atoms with van der Waals surface area (Å²) in [7, 11) is 1.66. The lowest BCUT2D eigenvalue weighted by Crippen LogP contribution is -2.14. The first-order chi connectivity index (χ1) is 16.6. The lowest BCUT2D eigenvalue weighted by molar-refractivity contribution is 0.415. The van der Waals surface area contributed by atoms with E-state index in [1.807, 2.05) is 53.9 Å². The minimum atomic E-state index is -2.09. The van der Waals surface area contributed by atoms with Crippen molar-refractivity contribution in [2.75, 3.05) is 17.1 Å². The fraction of sp³-hybridized carbons (Fsp3) is 0.250. The van der Waals surface area contributed by atoms with Gasteiger partial charge < -0.3 is 10.1 Å². The molecule has 2 aromatic carbocycles. The number of thiazole rings is 2. The van der Waals surface area contributed by atoms with Crippen LogP contribution in [0.1, 0.15) is 41.1 Å². The number of nitrogens with one attached hydrogen (secondary N) is 2. The molecule has 1 aliphatic carbocycles. The molecule has 0 amide bonds. The molecule has 0 spiro atoms. The Morgan fingerprint density at radius 3 is 2.71 bits per heavy atom. The largest absolute Gasteiger partial charge is 0.497 e. The van der Waals surface area contributed by atoms with Gasteiger partial charge in [-0.05, 0) is 49.1 Å². The molecule has 10 heteroatoms. The molecule has 176 valence electrons. The Bertz CT molecular complexity index is 1280. The van der Waals surface area contributed by atoms with Gasteiger partial charge in [0.2, 0.25) is 0 Å². The minimum absolute atomic E-state index is 0.0427. The average Bonchev–Trinajstić information content (AvgIpc) is 3.38. The van der Waals surface area contributed by atoms with Crippen LogP contribution in [0, 0.1) is 0 Å². The number of hydrogen-bond acceptors (Lipinski definition) is 7. The second-order valence-corrected chi connectivity index (χ2v) is 10.6. The summed E-state index contributed by atoms with van der Waals surface area (Å²) in [6.07, 6.45) is 3.16. The van der Waals surface area contributed by atoms with Crippen LogP contribution in [-0.4, -0.2) is 25.8 Å². The third kappa shape index (κ3) is 5.64. The maximum Gasteiger partial charge on any atom is 0.259 e. The lowest BCUT2D eigenvalue weighted by Gasteiger charge is -2.17. The number of ether oxygens (including phenoxy) is 1. The molecular formula is C24H24N4O3S3. The Morgan fingerprint density at radius 1 is 1.15 bits per heavy atom. The summed E-state index contributed by atoms with van der Waals surface area (Å²) in [5.74, 6) is 1.42. The standard InChI is InChI=1S/C24H24N4O3S3/c1-31-19-4-2-3-17(12-19)21-13-33-24(27-21)26-20(22-14-32-23(25-22)16-7-8-16)11-15-5-9-18(10-6-15)28-34(29)30/h2-6,9-10,12-14,16,20,28H,7-8,11H2,1H3,(H,26,27)(H,29,30)/t20-/m0/s1. The maximum atomic E-state index is 11.0. The molecule has 1 fully saturated rings. The average molecular weight is 513 g/mol. The van der Waals surface area contributed by atoms with Crippen molar-refractivity contribution >= 4 is 44.8 Å². The van der Waals surface area contributed by atoms with Crippen LogP contribution in [0.5, 0.6) is 5.75 Å². The van der Waals surface area contributed by atoms with Gasteiger partial charge in [0, 0.05) is 27.9 Å². The van der Waals surface area contributed by atoms with Gasteiger partial charge in [0.1, 0.15) is 5.75 Å². The van der Waals surface area contributed by atoms with Crippen LogP contribution in [0.25, 0.3) is 11.3 Å². The van der Waals surface area contributed by atoms with Gasteiger partial charge in [0.15, 0.2) is 5.13 Å². The predicted octanol–water partition coefficient (Wildman–Crippen LogP) is 6.10. The van der Waals surface area contributed by atoms with Crippen LogP contribution < -0.4 is 14.8 Å². The molecule has 1 aliphatic rings. The molecule has 2 aromatic heterocycles. The van der Waals surface area contributed by atoms with E-state index in [0.29, 0.717) is 18.0 Å². The first-order valence-corrected chi connectivity index (χ1v) is 13.7. The van der Waals surface area contributed by atoms with Gasteiger partial charge in [-0.1, -0.05) is 24.3 Å². The Hall–Kier alpha value is -2.79. The zero-order valence-corrected chi connectivity index (χ0v) is 20.9. The fourth-order valence-electron chi connectivity index (χ4n) is 3.66. The normalized spacial score (nSPS) is 15.0. The third-order valence-electron chi connectivity index (χ3n) is 5.59. The van der Waals surface area contributed by atoms with Gasteiger partial charge in [-0.2, -0.15) is 0 Å². The van der Waals surface area contributed by atoms with Crippen LogP contribution in [0.3, 0.4) is 0 Å². The molecule has 0 aliphatic heterocycles. The van der Waals surface area contributed by atoms with Gasteiger partial charge in [-0.3, -0.25) is 9.27 Å². The molecule has 2 atom stereocenters. The van der Waals surface area contributed by atoms with Gasteiger partial charge in [-0.15, -0.1) is 22.7 Å². The molecule has 2 heterocycles. The Balaban J connectivity index is 1.37. The molecule has 0 saturated heterocycles. The number of aromatic nitrogens is 2. The highest BCUT2D eigenvalue weighted by Gasteiger charge is 2.28. The second-order valence-electron chi connectivity index (χ2n) is 8.10. The van der Waals surface area contributed by atoms with Gasteiger partial charge in [0.05, 0.1) is 29.5 Å². The van der Waals surface area contributed by atoms with E-state index in [2.05, 4.69) is 15.4 Å². The lowest BCUT2D eigenvalue weighted by atomic mass is 10.0. The van der Waals surface area contributed by atoms with E-state index < -0.39 is 11.3 Å². The molecule has 0 radical (unpaired) electrons. The quantitative estimate of drug-likeness (QED) is 0.222. The van der Waals surface area contributed by atoms with Crippen LogP contribution in [0.4, 0.5) is 10.8 Å². The van der Waals surface area contributed by atoms with Crippen molar-refractivity contribution in [3.63, 3.8) is 0 Å². The number of anilines is 2. The summed E-state index contributed by atoms with van der Waals surface area (Å²) < 4.78 is 27.9. The Labute approximate surface area is 208 Å². The topological polar surface area (TPSA) is 96.4 Å². The molecule has 7 nitrogen and oxygen atoms in total. The summed E-state index contributed by atoms with van der Waals surface area (Å²) in [5, 5.41) is 9.83. The highest BCUT2D eigenvalue weighted by molar-refractivity contribution is 7.80. The van der Waals surface area contributed by atoms with Crippen molar-refractivity contribution in [2.24, 2.45) is 0 Å². The highest BCUT2D eigenvalue weighted by Crippen LogP contribution is 2.42. The van der Waals surface area contributed by atoms with E-state index in [1.54, 1.807) is 29.8 Å². The monoisotopic (exact) mass is 512 g/mol. The molecule has 5 rings (SSSR count). The predicted molar refractivity (Wildman–Crippen MR) is 139 cm³/mol. The zero-order valence-electron chi connectivity index (χ0n) is 18.4. The maximum absolute atomic E-state index is 11.0. The van der Waals surface area contributed by atoms with Crippen molar-refractivity contribution in [1.82, 2.24) is 9.97 Å². The van der Waals surface area contributed by atoms with Crippen LogP contribution >= 0.6 is 22.7 Å². The van der Waals surface area contributed by atoms with Crippen molar-refractivity contribution in [3.8, 4) is 17.0 Å². The summed E-state index contributed by atoms with van der Waals surface area (Å²) >= 11 is 1.21. The molecule has 34 heavy (non-hydrogen) atoms. The highest BCUT2D eigenvalue weighted by atomic mass is 32.2. The number of rotatable bonds is 10. The molecule has 1 saturated carbocycles. The summed E-state index contributed by atoms with van der Waals surface area (Å²) in [6, 6.07) is 15.4. The molecule has 0 bridgehead atoms. The van der Waals surface area contributed by atoms with E-state index in [9.17, 15) is 4.21 Å². The van der Waals surface area contributed by atoms with E-state index >= 15 is 0 Å². The fourth-order valence-corrected chi connectivity index (χ4v) is 5.81.